The summed E-state index contributed by atoms with van der Waals surface area (Å²) in [6, 6.07) is 0. The standard InChI is InChI=1S/C11H23NO/c1-5-9(4)11(13)12-8-10(6-2)7-3/h9-10H,5-8H2,1-4H3,(H,12,13). The van der Waals surface area contributed by atoms with Crippen LogP contribution in [0.3, 0.4) is 0 Å². The van der Waals surface area contributed by atoms with E-state index >= 15 is 0 Å². The van der Waals surface area contributed by atoms with Crippen molar-refractivity contribution in [3.05, 3.63) is 0 Å². The summed E-state index contributed by atoms with van der Waals surface area (Å²) in [5.41, 5.74) is 0. The van der Waals surface area contributed by atoms with E-state index in [1.54, 1.807) is 0 Å². The lowest BCUT2D eigenvalue weighted by Crippen LogP contribution is -2.32. The van der Waals surface area contributed by atoms with Gasteiger partial charge in [-0.05, 0) is 12.3 Å². The number of carbonyl (C=O) groups excluding carboxylic acids is 1. The number of amides is 1. The van der Waals surface area contributed by atoms with E-state index in [2.05, 4.69) is 19.2 Å². The fourth-order valence-electron chi connectivity index (χ4n) is 1.18. The quantitative estimate of drug-likeness (QED) is 0.677. The van der Waals surface area contributed by atoms with E-state index in [1.165, 1.54) is 0 Å². The summed E-state index contributed by atoms with van der Waals surface area (Å²) in [6.07, 6.45) is 3.23. The molecule has 1 unspecified atom stereocenters. The lowest BCUT2D eigenvalue weighted by molar-refractivity contribution is -0.124. The van der Waals surface area contributed by atoms with Gasteiger partial charge >= 0.3 is 0 Å². The maximum Gasteiger partial charge on any atom is 0.222 e. The fourth-order valence-corrected chi connectivity index (χ4v) is 1.18. The average molecular weight is 185 g/mol. The largest absolute Gasteiger partial charge is 0.356 e. The van der Waals surface area contributed by atoms with E-state index < -0.39 is 0 Å². The van der Waals surface area contributed by atoms with Gasteiger partial charge in [-0.15, -0.1) is 0 Å². The molecular weight excluding hydrogens is 162 g/mol. The molecule has 1 N–H and O–H groups in total. The molecule has 0 radical (unpaired) electrons. The Morgan fingerprint density at radius 3 is 2.08 bits per heavy atom. The zero-order valence-corrected chi connectivity index (χ0v) is 9.39. The normalized spacial score (nSPS) is 13.0. The molecule has 1 amide bonds. The zero-order chi connectivity index (χ0) is 10.3. The molecule has 0 saturated heterocycles. The predicted molar refractivity (Wildman–Crippen MR) is 56.5 cm³/mol. The average Bonchev–Trinajstić information content (AvgIpc) is 2.17. The van der Waals surface area contributed by atoms with E-state index in [1.807, 2.05) is 13.8 Å². The van der Waals surface area contributed by atoms with Crippen molar-refractivity contribution in [3.8, 4) is 0 Å². The summed E-state index contributed by atoms with van der Waals surface area (Å²) in [5, 5.41) is 3.00. The van der Waals surface area contributed by atoms with Gasteiger partial charge in [0, 0.05) is 12.5 Å². The van der Waals surface area contributed by atoms with E-state index in [0.717, 1.165) is 25.8 Å². The minimum Gasteiger partial charge on any atom is -0.356 e. The second-order valence-electron chi connectivity index (χ2n) is 3.74. The maximum absolute atomic E-state index is 11.4. The van der Waals surface area contributed by atoms with Crippen LogP contribution in [0.2, 0.25) is 0 Å². The molecule has 78 valence electrons. The Labute approximate surface area is 82.1 Å². The third-order valence-corrected chi connectivity index (χ3v) is 2.78. The first-order chi connectivity index (χ1) is 6.15. The molecule has 0 fully saturated rings. The molecule has 0 saturated carbocycles. The van der Waals surface area contributed by atoms with Gasteiger partial charge in [-0.2, -0.15) is 0 Å². The predicted octanol–water partition coefficient (Wildman–Crippen LogP) is 2.58. The van der Waals surface area contributed by atoms with Gasteiger partial charge in [-0.3, -0.25) is 4.79 Å². The van der Waals surface area contributed by atoms with E-state index in [-0.39, 0.29) is 11.8 Å². The molecule has 1 atom stereocenters. The van der Waals surface area contributed by atoms with Crippen LogP contribution >= 0.6 is 0 Å². The summed E-state index contributed by atoms with van der Waals surface area (Å²) in [6.45, 7) is 9.20. The zero-order valence-electron chi connectivity index (χ0n) is 9.39. The molecule has 0 aliphatic rings. The van der Waals surface area contributed by atoms with Crippen LogP contribution in [0.5, 0.6) is 0 Å². The second-order valence-corrected chi connectivity index (χ2v) is 3.74. The van der Waals surface area contributed by atoms with Crippen molar-refractivity contribution in [2.75, 3.05) is 6.54 Å². The van der Waals surface area contributed by atoms with Gasteiger partial charge in [0.1, 0.15) is 0 Å². The summed E-state index contributed by atoms with van der Waals surface area (Å²) in [5.74, 6) is 1.01. The molecular formula is C11H23NO. The van der Waals surface area contributed by atoms with Crippen LogP contribution in [0.15, 0.2) is 0 Å². The van der Waals surface area contributed by atoms with Gasteiger partial charge in [0.2, 0.25) is 5.91 Å². The van der Waals surface area contributed by atoms with Crippen LogP contribution in [0.1, 0.15) is 47.0 Å². The summed E-state index contributed by atoms with van der Waals surface area (Å²) < 4.78 is 0. The molecule has 0 aromatic carbocycles. The van der Waals surface area contributed by atoms with Crippen molar-refractivity contribution in [2.24, 2.45) is 11.8 Å². The first kappa shape index (κ1) is 12.5. The smallest absolute Gasteiger partial charge is 0.222 e. The van der Waals surface area contributed by atoms with Gasteiger partial charge in [0.15, 0.2) is 0 Å². The number of hydrogen-bond acceptors (Lipinski definition) is 1. The van der Waals surface area contributed by atoms with Crippen LogP contribution in [0.4, 0.5) is 0 Å². The minimum absolute atomic E-state index is 0.161. The van der Waals surface area contributed by atoms with Crippen molar-refractivity contribution in [1.29, 1.82) is 0 Å². The monoisotopic (exact) mass is 185 g/mol. The Bertz CT molecular complexity index is 141. The Hall–Kier alpha value is -0.530. The molecule has 0 spiro atoms. The molecule has 0 bridgehead atoms. The van der Waals surface area contributed by atoms with Gasteiger partial charge in [0.25, 0.3) is 0 Å². The Morgan fingerprint density at radius 2 is 1.69 bits per heavy atom. The second kappa shape index (κ2) is 6.93. The van der Waals surface area contributed by atoms with E-state index in [4.69, 9.17) is 0 Å². The fraction of sp³-hybridized carbons (Fsp3) is 0.909. The van der Waals surface area contributed by atoms with Crippen molar-refractivity contribution in [2.45, 2.75) is 47.0 Å². The Balaban J connectivity index is 3.68. The molecule has 2 nitrogen and oxygen atoms in total. The molecule has 0 heterocycles. The first-order valence-electron chi connectivity index (χ1n) is 5.43. The van der Waals surface area contributed by atoms with Crippen molar-refractivity contribution in [3.63, 3.8) is 0 Å². The molecule has 13 heavy (non-hydrogen) atoms. The maximum atomic E-state index is 11.4. The Kier molecular flexibility index (Phi) is 6.65. The first-order valence-corrected chi connectivity index (χ1v) is 5.43. The van der Waals surface area contributed by atoms with Crippen LogP contribution in [0, 0.1) is 11.8 Å². The van der Waals surface area contributed by atoms with Crippen LogP contribution in [-0.4, -0.2) is 12.5 Å². The van der Waals surface area contributed by atoms with E-state index in [9.17, 15) is 4.79 Å². The minimum atomic E-state index is 0.161. The molecule has 2 heteroatoms. The molecule has 0 aromatic rings. The highest BCUT2D eigenvalue weighted by Gasteiger charge is 2.11. The molecule has 0 aliphatic heterocycles. The number of nitrogens with one attached hydrogen (secondary N) is 1. The highest BCUT2D eigenvalue weighted by molar-refractivity contribution is 5.78. The summed E-state index contributed by atoms with van der Waals surface area (Å²) >= 11 is 0. The topological polar surface area (TPSA) is 29.1 Å². The van der Waals surface area contributed by atoms with Crippen LogP contribution in [-0.2, 0) is 4.79 Å². The highest BCUT2D eigenvalue weighted by atomic mass is 16.1. The number of hydrogen-bond donors (Lipinski definition) is 1. The number of carbonyl (C=O) groups is 1. The van der Waals surface area contributed by atoms with Crippen molar-refractivity contribution < 1.29 is 4.79 Å². The van der Waals surface area contributed by atoms with Crippen molar-refractivity contribution in [1.82, 2.24) is 5.32 Å². The SMILES string of the molecule is CCC(CC)CNC(=O)C(C)CC. The van der Waals surface area contributed by atoms with E-state index in [0.29, 0.717) is 5.92 Å². The van der Waals surface area contributed by atoms with Crippen LogP contribution < -0.4 is 5.32 Å². The lowest BCUT2D eigenvalue weighted by Gasteiger charge is -2.15. The van der Waals surface area contributed by atoms with Crippen LogP contribution in [0.25, 0.3) is 0 Å². The third kappa shape index (κ3) is 4.91. The van der Waals surface area contributed by atoms with Crippen molar-refractivity contribution >= 4 is 5.91 Å². The summed E-state index contributed by atoms with van der Waals surface area (Å²) in [7, 11) is 0. The van der Waals surface area contributed by atoms with Gasteiger partial charge < -0.3 is 5.32 Å². The molecule has 0 aromatic heterocycles. The molecule has 0 aliphatic carbocycles. The van der Waals surface area contributed by atoms with Gasteiger partial charge in [0.05, 0.1) is 0 Å². The number of rotatable bonds is 6. The highest BCUT2D eigenvalue weighted by Crippen LogP contribution is 2.06. The lowest BCUT2D eigenvalue weighted by atomic mass is 10.0. The third-order valence-electron chi connectivity index (χ3n) is 2.78. The molecule has 0 rings (SSSR count). The summed E-state index contributed by atoms with van der Waals surface area (Å²) in [4.78, 5) is 11.4. The Morgan fingerprint density at radius 1 is 1.15 bits per heavy atom. The van der Waals surface area contributed by atoms with Gasteiger partial charge in [-0.1, -0.05) is 40.5 Å². The van der Waals surface area contributed by atoms with Gasteiger partial charge in [-0.25, -0.2) is 0 Å².